The smallest absolute Gasteiger partial charge is 0.218 e. The minimum atomic E-state index is -3.47. The average Bonchev–Trinajstić information content (AvgIpc) is 2.36. The van der Waals surface area contributed by atoms with Crippen LogP contribution in [0.5, 0.6) is 0 Å². The molecule has 0 fully saturated rings. The molecule has 0 aliphatic rings. The molecule has 7 heteroatoms. The van der Waals surface area contributed by atoms with Crippen molar-refractivity contribution in [1.29, 1.82) is 0 Å². The van der Waals surface area contributed by atoms with Crippen molar-refractivity contribution in [2.75, 3.05) is 13.1 Å². The minimum Gasteiger partial charge on any atom is -0.409 e. The van der Waals surface area contributed by atoms with E-state index in [0.717, 1.165) is 0 Å². The second-order valence-corrected chi connectivity index (χ2v) is 5.73. The maximum absolute atomic E-state index is 12.1. The van der Waals surface area contributed by atoms with Gasteiger partial charge >= 0.3 is 0 Å². The van der Waals surface area contributed by atoms with E-state index >= 15 is 0 Å². The molecule has 0 aliphatic carbocycles. The molecule has 3 N–H and O–H groups in total. The Balaban J connectivity index is 2.84. The van der Waals surface area contributed by atoms with Gasteiger partial charge in [-0.15, -0.1) is 0 Å². The third kappa shape index (κ3) is 4.01. The van der Waals surface area contributed by atoms with Gasteiger partial charge in [0, 0.05) is 6.54 Å². The van der Waals surface area contributed by atoms with Crippen LogP contribution < -0.4 is 5.73 Å². The Morgan fingerprint density at radius 1 is 1.39 bits per heavy atom. The lowest BCUT2D eigenvalue weighted by Gasteiger charge is -2.19. The summed E-state index contributed by atoms with van der Waals surface area (Å²) in [6.45, 7) is 1.86. The molecule has 100 valence electrons. The van der Waals surface area contributed by atoms with Crippen LogP contribution in [0.2, 0.25) is 0 Å². The van der Waals surface area contributed by atoms with Crippen LogP contribution in [0.4, 0.5) is 0 Å². The first-order valence-electron chi connectivity index (χ1n) is 5.47. The third-order valence-corrected chi connectivity index (χ3v) is 4.28. The molecular formula is C11H17N3O3S. The summed E-state index contributed by atoms with van der Waals surface area (Å²) < 4.78 is 25.4. The van der Waals surface area contributed by atoms with Crippen LogP contribution in [0.15, 0.2) is 35.5 Å². The Morgan fingerprint density at radius 2 is 2.00 bits per heavy atom. The Hall–Kier alpha value is -1.60. The zero-order valence-corrected chi connectivity index (χ0v) is 11.0. The predicted molar refractivity (Wildman–Crippen MR) is 69.7 cm³/mol. The molecule has 0 atom stereocenters. The van der Waals surface area contributed by atoms with Crippen LogP contribution in [-0.4, -0.2) is 36.9 Å². The molecule has 0 saturated heterocycles. The highest BCUT2D eigenvalue weighted by molar-refractivity contribution is 7.88. The Labute approximate surface area is 107 Å². The number of amidine groups is 1. The fourth-order valence-electron chi connectivity index (χ4n) is 1.50. The number of likely N-dealkylation sites (N-methyl/N-ethyl adjacent to an activating group) is 1. The van der Waals surface area contributed by atoms with Gasteiger partial charge in [-0.05, 0) is 5.56 Å². The highest BCUT2D eigenvalue weighted by Crippen LogP contribution is 2.10. The zero-order valence-electron chi connectivity index (χ0n) is 10.2. The van der Waals surface area contributed by atoms with Gasteiger partial charge in [-0.3, -0.25) is 0 Å². The van der Waals surface area contributed by atoms with E-state index in [1.165, 1.54) is 4.31 Å². The average molecular weight is 271 g/mol. The van der Waals surface area contributed by atoms with E-state index in [9.17, 15) is 8.42 Å². The number of hydrogen-bond donors (Lipinski definition) is 2. The van der Waals surface area contributed by atoms with Crippen LogP contribution >= 0.6 is 0 Å². The summed E-state index contributed by atoms with van der Waals surface area (Å²) in [6, 6.07) is 8.88. The van der Waals surface area contributed by atoms with Gasteiger partial charge in [0.25, 0.3) is 0 Å². The van der Waals surface area contributed by atoms with E-state index in [0.29, 0.717) is 5.56 Å². The topological polar surface area (TPSA) is 96.0 Å². The lowest BCUT2D eigenvalue weighted by Crippen LogP contribution is -2.39. The van der Waals surface area contributed by atoms with E-state index in [-0.39, 0.29) is 24.7 Å². The van der Waals surface area contributed by atoms with Crippen LogP contribution in [-0.2, 0) is 15.8 Å². The van der Waals surface area contributed by atoms with Crippen molar-refractivity contribution in [3.05, 3.63) is 35.9 Å². The van der Waals surface area contributed by atoms with Crippen molar-refractivity contribution in [3.63, 3.8) is 0 Å². The first kappa shape index (κ1) is 14.5. The maximum atomic E-state index is 12.1. The fraction of sp³-hybridized carbons (Fsp3) is 0.364. The van der Waals surface area contributed by atoms with Crippen molar-refractivity contribution < 1.29 is 13.6 Å². The number of benzene rings is 1. The lowest BCUT2D eigenvalue weighted by atomic mass is 10.2. The van der Waals surface area contributed by atoms with Crippen molar-refractivity contribution in [2.45, 2.75) is 12.7 Å². The summed E-state index contributed by atoms with van der Waals surface area (Å²) in [4.78, 5) is 0. The third-order valence-electron chi connectivity index (χ3n) is 2.40. The molecular weight excluding hydrogens is 254 g/mol. The van der Waals surface area contributed by atoms with E-state index in [1.807, 2.05) is 6.07 Å². The van der Waals surface area contributed by atoms with Gasteiger partial charge in [0.2, 0.25) is 10.0 Å². The van der Waals surface area contributed by atoms with Gasteiger partial charge < -0.3 is 10.9 Å². The molecule has 0 saturated carbocycles. The van der Waals surface area contributed by atoms with Crippen LogP contribution in [0.3, 0.4) is 0 Å². The lowest BCUT2D eigenvalue weighted by molar-refractivity contribution is 0.315. The summed E-state index contributed by atoms with van der Waals surface area (Å²) in [7, 11) is -3.47. The fourth-order valence-corrected chi connectivity index (χ4v) is 3.01. The number of hydrogen-bond acceptors (Lipinski definition) is 4. The molecule has 6 nitrogen and oxygen atoms in total. The summed E-state index contributed by atoms with van der Waals surface area (Å²) in [6.07, 6.45) is 0. The maximum Gasteiger partial charge on any atom is 0.218 e. The molecule has 0 radical (unpaired) electrons. The summed E-state index contributed by atoms with van der Waals surface area (Å²) in [5.74, 6) is -0.228. The van der Waals surface area contributed by atoms with Gasteiger partial charge in [0.1, 0.15) is 0 Å². The standard InChI is InChI=1S/C11H17N3O3S/c1-2-14(8-11(12)13-15)18(16,17)9-10-6-4-3-5-7-10/h3-7,15H,2,8-9H2,1H3,(H2,12,13). The second kappa shape index (κ2) is 6.36. The van der Waals surface area contributed by atoms with Crippen molar-refractivity contribution >= 4 is 15.9 Å². The van der Waals surface area contributed by atoms with E-state index < -0.39 is 10.0 Å². The molecule has 0 heterocycles. The summed E-state index contributed by atoms with van der Waals surface area (Å²) in [5, 5.41) is 11.3. The zero-order chi connectivity index (χ0) is 13.6. The molecule has 0 aromatic heterocycles. The molecule has 0 aliphatic heterocycles. The van der Waals surface area contributed by atoms with Gasteiger partial charge in [-0.1, -0.05) is 42.4 Å². The SMILES string of the molecule is CCN(C/C(N)=N/O)S(=O)(=O)Cc1ccccc1. The molecule has 1 aromatic rings. The van der Waals surface area contributed by atoms with Crippen LogP contribution in [0.25, 0.3) is 0 Å². The molecule has 0 unspecified atom stereocenters. The predicted octanol–water partition coefficient (Wildman–Crippen LogP) is 0.585. The van der Waals surface area contributed by atoms with Gasteiger partial charge in [-0.25, -0.2) is 8.42 Å². The van der Waals surface area contributed by atoms with E-state index in [4.69, 9.17) is 10.9 Å². The summed E-state index contributed by atoms with van der Waals surface area (Å²) in [5.41, 5.74) is 6.04. The molecule has 1 aromatic carbocycles. The Kier molecular flexibility index (Phi) is 5.11. The largest absolute Gasteiger partial charge is 0.409 e. The molecule has 18 heavy (non-hydrogen) atoms. The highest BCUT2D eigenvalue weighted by atomic mass is 32.2. The van der Waals surface area contributed by atoms with Gasteiger partial charge in [-0.2, -0.15) is 4.31 Å². The minimum absolute atomic E-state index is 0.0968. The summed E-state index contributed by atoms with van der Waals surface area (Å²) >= 11 is 0. The number of rotatable bonds is 6. The Morgan fingerprint density at radius 3 is 2.50 bits per heavy atom. The quantitative estimate of drug-likeness (QED) is 0.342. The Bertz CT molecular complexity index is 500. The van der Waals surface area contributed by atoms with E-state index in [2.05, 4.69) is 5.16 Å². The number of oxime groups is 1. The molecule has 1 rings (SSSR count). The van der Waals surface area contributed by atoms with Crippen molar-refractivity contribution in [3.8, 4) is 0 Å². The number of nitrogens with zero attached hydrogens (tertiary/aromatic N) is 2. The number of nitrogens with two attached hydrogens (primary N) is 1. The van der Waals surface area contributed by atoms with Crippen LogP contribution in [0.1, 0.15) is 12.5 Å². The highest BCUT2D eigenvalue weighted by Gasteiger charge is 2.21. The first-order chi connectivity index (χ1) is 8.49. The van der Waals surface area contributed by atoms with Gasteiger partial charge in [0.15, 0.2) is 5.84 Å². The molecule has 0 bridgehead atoms. The van der Waals surface area contributed by atoms with Crippen LogP contribution in [0, 0.1) is 0 Å². The van der Waals surface area contributed by atoms with Crippen molar-refractivity contribution in [1.82, 2.24) is 4.31 Å². The molecule has 0 amide bonds. The normalized spacial score (nSPS) is 12.9. The number of sulfonamides is 1. The molecule has 0 spiro atoms. The van der Waals surface area contributed by atoms with Gasteiger partial charge in [0.05, 0.1) is 12.3 Å². The first-order valence-corrected chi connectivity index (χ1v) is 7.08. The van der Waals surface area contributed by atoms with Crippen molar-refractivity contribution in [2.24, 2.45) is 10.9 Å². The monoisotopic (exact) mass is 271 g/mol. The van der Waals surface area contributed by atoms with E-state index in [1.54, 1.807) is 31.2 Å². The second-order valence-electron chi connectivity index (χ2n) is 3.76.